The molecule has 1 aliphatic heterocycles. The number of ether oxygens (including phenoxy) is 1. The van der Waals surface area contributed by atoms with E-state index in [0.29, 0.717) is 23.9 Å². The van der Waals surface area contributed by atoms with E-state index in [1.54, 1.807) is 0 Å². The number of aryl methyl sites for hydroxylation is 1. The van der Waals surface area contributed by atoms with Gasteiger partial charge in [-0.1, -0.05) is 17.7 Å². The van der Waals surface area contributed by atoms with Crippen LogP contribution in [-0.4, -0.2) is 21.3 Å². The van der Waals surface area contributed by atoms with Gasteiger partial charge in [-0.05, 0) is 43.5 Å². The van der Waals surface area contributed by atoms with Crippen LogP contribution >= 0.6 is 11.6 Å². The first-order valence-corrected chi connectivity index (χ1v) is 7.68. The molecule has 0 atom stereocenters. The highest BCUT2D eigenvalue weighted by molar-refractivity contribution is 6.32. The fourth-order valence-electron chi connectivity index (χ4n) is 2.60. The van der Waals surface area contributed by atoms with Crippen molar-refractivity contribution in [2.45, 2.75) is 38.8 Å². The number of nitrogens with two attached hydrogens (primary N) is 1. The molecule has 5 nitrogen and oxygen atoms in total. The molecule has 1 aromatic heterocycles. The lowest BCUT2D eigenvalue weighted by atomic mass is 10.1. The normalized spacial score (nSPS) is 14.0. The largest absolute Gasteiger partial charge is 0.484 e. The van der Waals surface area contributed by atoms with Crippen molar-refractivity contribution in [2.75, 3.05) is 6.54 Å². The number of fused-ring (bicyclic) bond motifs is 1. The van der Waals surface area contributed by atoms with Crippen LogP contribution in [-0.2, 0) is 26.0 Å². The molecule has 112 valence electrons. The number of hydrogen-bond donors (Lipinski definition) is 1. The van der Waals surface area contributed by atoms with Gasteiger partial charge < -0.3 is 15.0 Å². The summed E-state index contributed by atoms with van der Waals surface area (Å²) in [5.74, 6) is 2.60. The van der Waals surface area contributed by atoms with E-state index in [-0.39, 0.29) is 0 Å². The van der Waals surface area contributed by atoms with E-state index in [4.69, 9.17) is 22.1 Å². The SMILES string of the molecule is NCCc1ccc(OCc2nnc3n2CCCC3)c(Cl)c1. The van der Waals surface area contributed by atoms with Crippen LogP contribution in [0.15, 0.2) is 18.2 Å². The maximum Gasteiger partial charge on any atom is 0.171 e. The summed E-state index contributed by atoms with van der Waals surface area (Å²) in [4.78, 5) is 0. The predicted molar refractivity (Wildman–Crippen MR) is 81.5 cm³/mol. The molecule has 1 aliphatic rings. The highest BCUT2D eigenvalue weighted by atomic mass is 35.5. The van der Waals surface area contributed by atoms with Crippen molar-refractivity contribution in [1.82, 2.24) is 14.8 Å². The molecule has 0 saturated carbocycles. The van der Waals surface area contributed by atoms with E-state index in [9.17, 15) is 0 Å². The lowest BCUT2D eigenvalue weighted by molar-refractivity contribution is 0.286. The Morgan fingerprint density at radius 1 is 1.29 bits per heavy atom. The van der Waals surface area contributed by atoms with Crippen molar-refractivity contribution >= 4 is 11.6 Å². The van der Waals surface area contributed by atoms with Crippen molar-refractivity contribution in [2.24, 2.45) is 5.73 Å². The van der Waals surface area contributed by atoms with Gasteiger partial charge >= 0.3 is 0 Å². The van der Waals surface area contributed by atoms with Crippen molar-refractivity contribution in [3.63, 3.8) is 0 Å². The van der Waals surface area contributed by atoms with Gasteiger partial charge in [0, 0.05) is 13.0 Å². The lowest BCUT2D eigenvalue weighted by Crippen LogP contribution is -2.14. The molecule has 0 bridgehead atoms. The zero-order valence-corrected chi connectivity index (χ0v) is 12.6. The van der Waals surface area contributed by atoms with Crippen LogP contribution in [0.3, 0.4) is 0 Å². The molecule has 3 rings (SSSR count). The minimum atomic E-state index is 0.392. The maximum absolute atomic E-state index is 6.24. The minimum absolute atomic E-state index is 0.392. The molecule has 0 spiro atoms. The van der Waals surface area contributed by atoms with Crippen molar-refractivity contribution in [3.05, 3.63) is 40.4 Å². The van der Waals surface area contributed by atoms with Crippen LogP contribution in [0, 0.1) is 0 Å². The Balaban J connectivity index is 1.69. The van der Waals surface area contributed by atoms with Gasteiger partial charge in [-0.25, -0.2) is 0 Å². The molecular weight excluding hydrogens is 288 g/mol. The molecule has 2 aromatic rings. The molecule has 0 unspecified atom stereocenters. The van der Waals surface area contributed by atoms with Crippen LogP contribution < -0.4 is 10.5 Å². The number of rotatable bonds is 5. The topological polar surface area (TPSA) is 66.0 Å². The smallest absolute Gasteiger partial charge is 0.171 e. The second kappa shape index (κ2) is 6.45. The standard InChI is InChI=1S/C15H19ClN4O/c16-12-9-11(6-7-17)4-5-13(12)21-10-15-19-18-14-3-1-2-8-20(14)15/h4-5,9H,1-3,6-8,10,17H2. The maximum atomic E-state index is 6.24. The van der Waals surface area contributed by atoms with Gasteiger partial charge in [0.25, 0.3) is 0 Å². The fourth-order valence-corrected chi connectivity index (χ4v) is 2.86. The molecule has 6 heteroatoms. The Labute approximate surface area is 129 Å². The Hall–Kier alpha value is -1.59. The third kappa shape index (κ3) is 3.19. The molecule has 1 aromatic carbocycles. The van der Waals surface area contributed by atoms with Gasteiger partial charge in [0.15, 0.2) is 5.82 Å². The van der Waals surface area contributed by atoms with Crippen molar-refractivity contribution < 1.29 is 4.74 Å². The minimum Gasteiger partial charge on any atom is -0.484 e. The predicted octanol–water partition coefficient (Wildman–Crippen LogP) is 2.35. The Morgan fingerprint density at radius 2 is 2.19 bits per heavy atom. The van der Waals surface area contributed by atoms with E-state index in [1.807, 2.05) is 18.2 Å². The molecule has 2 N–H and O–H groups in total. The summed E-state index contributed by atoms with van der Waals surface area (Å²) in [7, 11) is 0. The molecule has 21 heavy (non-hydrogen) atoms. The van der Waals surface area contributed by atoms with E-state index in [2.05, 4.69) is 14.8 Å². The number of halogens is 1. The first-order valence-electron chi connectivity index (χ1n) is 7.30. The Bertz CT molecular complexity index is 626. The van der Waals surface area contributed by atoms with Crippen LogP contribution in [0.25, 0.3) is 0 Å². The number of hydrogen-bond acceptors (Lipinski definition) is 4. The molecule has 2 heterocycles. The van der Waals surface area contributed by atoms with Crippen LogP contribution in [0.5, 0.6) is 5.75 Å². The fraction of sp³-hybridized carbons (Fsp3) is 0.467. The molecule has 0 aliphatic carbocycles. The van der Waals surface area contributed by atoms with Crippen LogP contribution in [0.2, 0.25) is 5.02 Å². The quantitative estimate of drug-likeness (QED) is 0.921. The van der Waals surface area contributed by atoms with Gasteiger partial charge in [-0.2, -0.15) is 0 Å². The summed E-state index contributed by atoms with van der Waals surface area (Å²) in [6.45, 7) is 1.98. The van der Waals surface area contributed by atoms with Crippen molar-refractivity contribution in [1.29, 1.82) is 0 Å². The average Bonchev–Trinajstić information content (AvgIpc) is 2.90. The Morgan fingerprint density at radius 3 is 3.00 bits per heavy atom. The number of aromatic nitrogens is 3. The summed E-state index contributed by atoms with van der Waals surface area (Å²) in [6, 6.07) is 5.79. The third-order valence-corrected chi connectivity index (χ3v) is 4.02. The third-order valence-electron chi connectivity index (χ3n) is 3.72. The monoisotopic (exact) mass is 306 g/mol. The summed E-state index contributed by atoms with van der Waals surface area (Å²) < 4.78 is 7.95. The summed E-state index contributed by atoms with van der Waals surface area (Å²) in [5.41, 5.74) is 6.66. The molecule has 0 saturated heterocycles. The Kier molecular flexibility index (Phi) is 4.41. The average molecular weight is 307 g/mol. The lowest BCUT2D eigenvalue weighted by Gasteiger charge is -2.15. The van der Waals surface area contributed by atoms with Crippen LogP contribution in [0.1, 0.15) is 30.1 Å². The van der Waals surface area contributed by atoms with E-state index >= 15 is 0 Å². The van der Waals surface area contributed by atoms with Gasteiger partial charge in [0.05, 0.1) is 5.02 Å². The second-order valence-electron chi connectivity index (χ2n) is 5.23. The van der Waals surface area contributed by atoms with Crippen LogP contribution in [0.4, 0.5) is 0 Å². The highest BCUT2D eigenvalue weighted by Gasteiger charge is 2.16. The number of benzene rings is 1. The van der Waals surface area contributed by atoms with E-state index < -0.39 is 0 Å². The summed E-state index contributed by atoms with van der Waals surface area (Å²) in [5, 5.41) is 9.04. The number of nitrogens with zero attached hydrogens (tertiary/aromatic N) is 3. The van der Waals surface area contributed by atoms with Crippen molar-refractivity contribution in [3.8, 4) is 5.75 Å². The first kappa shape index (κ1) is 14.4. The zero-order valence-electron chi connectivity index (χ0n) is 11.9. The first-order chi connectivity index (χ1) is 10.3. The second-order valence-corrected chi connectivity index (χ2v) is 5.64. The van der Waals surface area contributed by atoms with Gasteiger partial charge in [0.1, 0.15) is 18.2 Å². The van der Waals surface area contributed by atoms with Gasteiger partial charge in [-0.3, -0.25) is 0 Å². The van der Waals surface area contributed by atoms with Gasteiger partial charge in [0.2, 0.25) is 0 Å². The molecule has 0 fully saturated rings. The molecule has 0 radical (unpaired) electrons. The summed E-state index contributed by atoms with van der Waals surface area (Å²) in [6.07, 6.45) is 4.18. The molecular formula is C15H19ClN4O. The highest BCUT2D eigenvalue weighted by Crippen LogP contribution is 2.26. The van der Waals surface area contributed by atoms with E-state index in [0.717, 1.165) is 36.6 Å². The molecule has 0 amide bonds. The summed E-state index contributed by atoms with van der Waals surface area (Å²) >= 11 is 6.24. The van der Waals surface area contributed by atoms with E-state index in [1.165, 1.54) is 12.8 Å². The zero-order chi connectivity index (χ0) is 14.7. The van der Waals surface area contributed by atoms with Gasteiger partial charge in [-0.15, -0.1) is 10.2 Å².